The van der Waals surface area contributed by atoms with Gasteiger partial charge >= 0.3 is 6.03 Å². The van der Waals surface area contributed by atoms with Gasteiger partial charge in [-0.1, -0.05) is 11.6 Å². The lowest BCUT2D eigenvalue weighted by molar-refractivity contribution is 0.262. The molecule has 9 heteroatoms. The van der Waals surface area contributed by atoms with Crippen molar-refractivity contribution in [1.82, 2.24) is 4.98 Å². The van der Waals surface area contributed by atoms with E-state index in [1.807, 2.05) is 6.07 Å². The van der Waals surface area contributed by atoms with Gasteiger partial charge in [0, 0.05) is 29.0 Å². The van der Waals surface area contributed by atoms with Crippen LogP contribution in [-0.2, 0) is 0 Å². The largest absolute Gasteiger partial charge is 0.493 e. The van der Waals surface area contributed by atoms with E-state index < -0.39 is 6.03 Å². The minimum atomic E-state index is -0.434. The van der Waals surface area contributed by atoms with Crippen LogP contribution < -0.4 is 30.6 Å². The first-order valence-electron chi connectivity index (χ1n) is 9.88. The van der Waals surface area contributed by atoms with E-state index in [1.165, 1.54) is 0 Å². The molecular weight excluding hydrogens is 444 g/mol. The number of rotatable bonds is 6. The summed E-state index contributed by atoms with van der Waals surface area (Å²) in [6, 6.07) is 16.8. The minimum absolute atomic E-state index is 0.354. The molecule has 0 bridgehead atoms. The van der Waals surface area contributed by atoms with Crippen molar-refractivity contribution in [2.75, 3.05) is 30.6 Å². The van der Waals surface area contributed by atoms with Crippen LogP contribution in [0.25, 0.3) is 10.9 Å². The molecule has 0 fully saturated rings. The van der Waals surface area contributed by atoms with Crippen LogP contribution in [0, 0.1) is 0 Å². The molecule has 0 aliphatic carbocycles. The van der Waals surface area contributed by atoms with Gasteiger partial charge in [0.15, 0.2) is 11.5 Å². The quantitative estimate of drug-likeness (QED) is 0.305. The molecule has 4 aromatic rings. The Morgan fingerprint density at radius 2 is 1.64 bits per heavy atom. The molecule has 4 N–H and O–H groups in total. The van der Waals surface area contributed by atoms with E-state index in [9.17, 15) is 4.79 Å². The summed E-state index contributed by atoms with van der Waals surface area (Å²) in [6.07, 6.45) is 1.66. The number of nitrogens with zero attached hydrogens (tertiary/aromatic N) is 1. The number of urea groups is 1. The smallest absolute Gasteiger partial charge is 0.323 e. The normalized spacial score (nSPS) is 10.5. The number of halogens is 1. The van der Waals surface area contributed by atoms with Gasteiger partial charge < -0.3 is 30.6 Å². The van der Waals surface area contributed by atoms with Crippen LogP contribution in [0.4, 0.5) is 21.9 Å². The molecule has 0 atom stereocenters. The molecule has 0 aliphatic rings. The van der Waals surface area contributed by atoms with E-state index in [0.717, 1.165) is 5.39 Å². The van der Waals surface area contributed by atoms with Crippen molar-refractivity contribution in [1.29, 1.82) is 0 Å². The second kappa shape index (κ2) is 9.54. The van der Waals surface area contributed by atoms with E-state index in [1.54, 1.807) is 75.0 Å². The molecular formula is C24H21ClN4O4. The third-order valence-corrected chi connectivity index (χ3v) is 5.10. The van der Waals surface area contributed by atoms with Gasteiger partial charge in [-0.15, -0.1) is 0 Å². The summed E-state index contributed by atoms with van der Waals surface area (Å²) < 4.78 is 16.8. The summed E-state index contributed by atoms with van der Waals surface area (Å²) >= 11 is 6.09. The summed E-state index contributed by atoms with van der Waals surface area (Å²) in [5, 5.41) is 6.56. The predicted octanol–water partition coefficient (Wildman–Crippen LogP) is 5.92. The van der Waals surface area contributed by atoms with E-state index in [0.29, 0.717) is 50.6 Å². The number of aromatic nitrogens is 1. The predicted molar refractivity (Wildman–Crippen MR) is 130 cm³/mol. The molecule has 8 nitrogen and oxygen atoms in total. The van der Waals surface area contributed by atoms with Gasteiger partial charge in [0.05, 0.1) is 30.4 Å². The second-order valence-corrected chi connectivity index (χ2v) is 7.39. The first-order chi connectivity index (χ1) is 16.0. The number of anilines is 3. The molecule has 168 valence electrons. The molecule has 1 aromatic heterocycles. The van der Waals surface area contributed by atoms with Crippen molar-refractivity contribution >= 4 is 45.6 Å². The van der Waals surface area contributed by atoms with Crippen molar-refractivity contribution < 1.29 is 19.0 Å². The number of hydrogen-bond acceptors (Lipinski definition) is 6. The SMILES string of the molecule is COc1cc2nccc(Oc3ccc(NC(=O)Nc4ccc(N)cc4Cl)cc3)c2cc1OC. The lowest BCUT2D eigenvalue weighted by Crippen LogP contribution is -2.19. The van der Waals surface area contributed by atoms with Crippen molar-refractivity contribution in [3.63, 3.8) is 0 Å². The number of nitrogen functional groups attached to an aromatic ring is 1. The summed E-state index contributed by atoms with van der Waals surface area (Å²) in [5.74, 6) is 2.36. The van der Waals surface area contributed by atoms with Gasteiger partial charge in [-0.05, 0) is 54.6 Å². The third kappa shape index (κ3) is 5.02. The van der Waals surface area contributed by atoms with E-state index >= 15 is 0 Å². The fraction of sp³-hybridized carbons (Fsp3) is 0.0833. The standard InChI is InChI=1S/C24H21ClN4O4/c1-31-22-12-17-20(13-23(22)32-2)27-10-9-21(17)33-16-6-4-15(5-7-16)28-24(30)29-19-8-3-14(26)11-18(19)25/h3-13H,26H2,1-2H3,(H2,28,29,30). The number of hydrogen-bond donors (Lipinski definition) is 3. The number of methoxy groups -OCH3 is 2. The first-order valence-corrected chi connectivity index (χ1v) is 10.3. The van der Waals surface area contributed by atoms with E-state index in [-0.39, 0.29) is 0 Å². The number of amides is 2. The fourth-order valence-electron chi connectivity index (χ4n) is 3.19. The van der Waals surface area contributed by atoms with Gasteiger partial charge in [-0.2, -0.15) is 0 Å². The highest BCUT2D eigenvalue weighted by atomic mass is 35.5. The Morgan fingerprint density at radius 1 is 0.909 bits per heavy atom. The summed E-state index contributed by atoms with van der Waals surface area (Å²) in [5.41, 5.74) is 7.93. The van der Waals surface area contributed by atoms with E-state index in [4.69, 9.17) is 31.5 Å². The number of benzene rings is 3. The van der Waals surface area contributed by atoms with Crippen molar-refractivity contribution in [3.05, 3.63) is 71.9 Å². The number of carbonyl (C=O) groups is 1. The van der Waals surface area contributed by atoms with Gasteiger partial charge in [0.1, 0.15) is 11.5 Å². The number of ether oxygens (including phenoxy) is 3. The molecule has 0 saturated carbocycles. The van der Waals surface area contributed by atoms with Crippen molar-refractivity contribution in [2.24, 2.45) is 0 Å². The van der Waals surface area contributed by atoms with Crippen LogP contribution in [0.1, 0.15) is 0 Å². The molecule has 0 aliphatic heterocycles. The third-order valence-electron chi connectivity index (χ3n) is 4.79. The van der Waals surface area contributed by atoms with E-state index in [2.05, 4.69) is 15.6 Å². The molecule has 3 aromatic carbocycles. The summed E-state index contributed by atoms with van der Waals surface area (Å²) in [6.45, 7) is 0. The Balaban J connectivity index is 1.47. The number of nitrogens with one attached hydrogen (secondary N) is 2. The zero-order chi connectivity index (χ0) is 23.4. The van der Waals surface area contributed by atoms with Gasteiger partial charge in [-0.25, -0.2) is 4.79 Å². The summed E-state index contributed by atoms with van der Waals surface area (Å²) in [4.78, 5) is 16.7. The van der Waals surface area contributed by atoms with Crippen LogP contribution in [0.5, 0.6) is 23.0 Å². The zero-order valence-electron chi connectivity index (χ0n) is 17.9. The second-order valence-electron chi connectivity index (χ2n) is 6.98. The maximum Gasteiger partial charge on any atom is 0.323 e. The number of carbonyl (C=O) groups excluding carboxylic acids is 1. The minimum Gasteiger partial charge on any atom is -0.493 e. The van der Waals surface area contributed by atoms with Crippen molar-refractivity contribution in [2.45, 2.75) is 0 Å². The number of fused-ring (bicyclic) bond motifs is 1. The van der Waals surface area contributed by atoms with Crippen LogP contribution in [0.2, 0.25) is 5.02 Å². The number of nitrogens with two attached hydrogens (primary N) is 1. The highest BCUT2D eigenvalue weighted by molar-refractivity contribution is 6.34. The topological polar surface area (TPSA) is 108 Å². The van der Waals surface area contributed by atoms with Gasteiger partial charge in [-0.3, -0.25) is 4.98 Å². The lowest BCUT2D eigenvalue weighted by Gasteiger charge is -2.13. The maximum absolute atomic E-state index is 12.3. The van der Waals surface area contributed by atoms with Gasteiger partial charge in [0.25, 0.3) is 0 Å². The molecule has 0 saturated heterocycles. The first kappa shape index (κ1) is 22.0. The number of pyridine rings is 1. The zero-order valence-corrected chi connectivity index (χ0v) is 18.6. The molecule has 33 heavy (non-hydrogen) atoms. The van der Waals surface area contributed by atoms with Crippen LogP contribution in [-0.4, -0.2) is 25.2 Å². The highest BCUT2D eigenvalue weighted by Crippen LogP contribution is 2.37. The fourth-order valence-corrected chi connectivity index (χ4v) is 3.42. The molecule has 4 rings (SSSR count). The molecule has 2 amide bonds. The molecule has 0 radical (unpaired) electrons. The Kier molecular flexibility index (Phi) is 6.37. The lowest BCUT2D eigenvalue weighted by atomic mass is 10.2. The van der Waals surface area contributed by atoms with Gasteiger partial charge in [0.2, 0.25) is 0 Å². The Morgan fingerprint density at radius 3 is 2.33 bits per heavy atom. The van der Waals surface area contributed by atoms with Crippen LogP contribution in [0.3, 0.4) is 0 Å². The molecule has 0 spiro atoms. The highest BCUT2D eigenvalue weighted by Gasteiger charge is 2.12. The molecule has 1 heterocycles. The van der Waals surface area contributed by atoms with Crippen molar-refractivity contribution in [3.8, 4) is 23.0 Å². The van der Waals surface area contributed by atoms with Crippen LogP contribution in [0.15, 0.2) is 66.9 Å². The Bertz CT molecular complexity index is 1310. The molecule has 0 unspecified atom stereocenters. The van der Waals surface area contributed by atoms with Crippen LogP contribution >= 0.6 is 11.6 Å². The maximum atomic E-state index is 12.3. The Labute approximate surface area is 195 Å². The Hall–Kier alpha value is -4.17. The summed E-state index contributed by atoms with van der Waals surface area (Å²) in [7, 11) is 3.15. The average Bonchev–Trinajstić information content (AvgIpc) is 2.81. The average molecular weight is 465 g/mol. The monoisotopic (exact) mass is 464 g/mol.